The van der Waals surface area contributed by atoms with E-state index in [2.05, 4.69) is 0 Å². The Balaban J connectivity index is 1.51. The number of halogens is 1. The molecule has 37 heavy (non-hydrogen) atoms. The highest BCUT2D eigenvalue weighted by Gasteiger charge is 2.46. The highest BCUT2D eigenvalue weighted by Crippen LogP contribution is 2.41. The first-order valence-corrected chi connectivity index (χ1v) is 12.1. The van der Waals surface area contributed by atoms with Crippen molar-refractivity contribution in [2.75, 3.05) is 0 Å². The van der Waals surface area contributed by atoms with Crippen LogP contribution in [0.1, 0.15) is 34.1 Å². The van der Waals surface area contributed by atoms with Crippen LogP contribution in [-0.2, 0) is 22.7 Å². The topological polar surface area (TPSA) is 80.0 Å². The molecule has 186 valence electrons. The maximum atomic E-state index is 13.2. The van der Waals surface area contributed by atoms with Crippen molar-refractivity contribution in [2.45, 2.75) is 26.1 Å². The van der Waals surface area contributed by atoms with Gasteiger partial charge in [-0.05, 0) is 66.1 Å². The van der Waals surface area contributed by atoms with E-state index in [1.165, 1.54) is 11.2 Å². The second-order valence-corrected chi connectivity index (χ2v) is 9.25. The number of carbonyl (C=O) groups is 2. The Kier molecular flexibility index (Phi) is 6.84. The Hall–Kier alpha value is -4.29. The fraction of sp³-hybridized carbons (Fsp3) is 0.133. The fourth-order valence-corrected chi connectivity index (χ4v) is 4.58. The third kappa shape index (κ3) is 5.01. The average molecular weight is 514 g/mol. The molecule has 0 aliphatic carbocycles. The molecule has 1 aliphatic rings. The zero-order chi connectivity index (χ0) is 25.9. The highest BCUT2D eigenvalue weighted by molar-refractivity contribution is 6.46. The van der Waals surface area contributed by atoms with Crippen LogP contribution in [0.4, 0.5) is 0 Å². The van der Waals surface area contributed by atoms with E-state index in [-0.39, 0.29) is 17.9 Å². The molecule has 0 saturated carbocycles. The van der Waals surface area contributed by atoms with Crippen LogP contribution in [0.15, 0.2) is 101 Å². The third-order valence-corrected chi connectivity index (χ3v) is 6.57. The summed E-state index contributed by atoms with van der Waals surface area (Å²) in [5.74, 6) is -0.536. The van der Waals surface area contributed by atoms with Gasteiger partial charge in [-0.2, -0.15) is 0 Å². The number of hydrogen-bond donors (Lipinski definition) is 1. The molecule has 0 radical (unpaired) electrons. The molecule has 1 aromatic heterocycles. The quantitative estimate of drug-likeness (QED) is 0.175. The van der Waals surface area contributed by atoms with Gasteiger partial charge in [-0.3, -0.25) is 9.59 Å². The molecule has 7 heteroatoms. The largest absolute Gasteiger partial charge is 0.507 e. The Morgan fingerprint density at radius 1 is 1.00 bits per heavy atom. The highest BCUT2D eigenvalue weighted by atomic mass is 35.5. The Morgan fingerprint density at radius 3 is 2.43 bits per heavy atom. The van der Waals surface area contributed by atoms with Crippen LogP contribution in [0.25, 0.3) is 5.76 Å². The summed E-state index contributed by atoms with van der Waals surface area (Å²) in [7, 11) is 0. The molecule has 1 atom stereocenters. The average Bonchev–Trinajstić information content (AvgIpc) is 3.51. The molecular formula is C30H24ClNO5. The summed E-state index contributed by atoms with van der Waals surface area (Å²) in [6, 6.07) is 24.5. The van der Waals surface area contributed by atoms with E-state index in [0.29, 0.717) is 34.3 Å². The van der Waals surface area contributed by atoms with Crippen molar-refractivity contribution in [1.82, 2.24) is 4.90 Å². The van der Waals surface area contributed by atoms with Crippen LogP contribution in [0, 0.1) is 6.92 Å². The maximum Gasteiger partial charge on any atom is 0.296 e. The summed E-state index contributed by atoms with van der Waals surface area (Å²) in [5, 5.41) is 11.9. The van der Waals surface area contributed by atoms with Crippen molar-refractivity contribution >= 4 is 29.1 Å². The zero-order valence-corrected chi connectivity index (χ0v) is 20.8. The van der Waals surface area contributed by atoms with E-state index in [9.17, 15) is 14.7 Å². The molecule has 1 unspecified atom stereocenters. The van der Waals surface area contributed by atoms with Gasteiger partial charge in [0.25, 0.3) is 11.7 Å². The lowest BCUT2D eigenvalue weighted by Gasteiger charge is -2.24. The zero-order valence-electron chi connectivity index (χ0n) is 20.1. The smallest absolute Gasteiger partial charge is 0.296 e. The Bertz CT molecular complexity index is 1460. The van der Waals surface area contributed by atoms with Gasteiger partial charge < -0.3 is 19.2 Å². The number of benzene rings is 3. The van der Waals surface area contributed by atoms with E-state index in [0.717, 1.165) is 11.1 Å². The molecule has 5 rings (SSSR count). The van der Waals surface area contributed by atoms with Gasteiger partial charge in [-0.15, -0.1) is 0 Å². The summed E-state index contributed by atoms with van der Waals surface area (Å²) >= 11 is 6.08. The van der Waals surface area contributed by atoms with Crippen molar-refractivity contribution in [3.63, 3.8) is 0 Å². The summed E-state index contributed by atoms with van der Waals surface area (Å²) < 4.78 is 11.4. The summed E-state index contributed by atoms with van der Waals surface area (Å²) in [5.41, 5.74) is 2.90. The molecule has 4 aromatic rings. The minimum atomic E-state index is -0.809. The molecule has 0 bridgehead atoms. The van der Waals surface area contributed by atoms with Crippen LogP contribution < -0.4 is 4.74 Å². The predicted molar refractivity (Wildman–Crippen MR) is 140 cm³/mol. The van der Waals surface area contributed by atoms with Crippen molar-refractivity contribution in [2.24, 2.45) is 0 Å². The summed E-state index contributed by atoms with van der Waals surface area (Å²) in [4.78, 5) is 27.7. The molecule has 1 saturated heterocycles. The number of amides is 1. The van der Waals surface area contributed by atoms with Crippen LogP contribution in [0.3, 0.4) is 0 Å². The number of ketones is 1. The van der Waals surface area contributed by atoms with Crippen LogP contribution in [-0.4, -0.2) is 21.7 Å². The number of aliphatic hydroxyl groups is 1. The predicted octanol–water partition coefficient (Wildman–Crippen LogP) is 6.44. The van der Waals surface area contributed by atoms with Crippen LogP contribution in [0.5, 0.6) is 5.75 Å². The van der Waals surface area contributed by atoms with Gasteiger partial charge in [0.1, 0.15) is 23.9 Å². The molecular weight excluding hydrogens is 490 g/mol. The number of hydrogen-bond acceptors (Lipinski definition) is 5. The van der Waals surface area contributed by atoms with Crippen LogP contribution >= 0.6 is 11.6 Å². The molecule has 6 nitrogen and oxygen atoms in total. The Morgan fingerprint density at radius 2 is 1.76 bits per heavy atom. The number of carbonyl (C=O) groups excluding carboxylic acids is 2. The number of aryl methyl sites for hydroxylation is 1. The second-order valence-electron chi connectivity index (χ2n) is 8.81. The lowest BCUT2D eigenvalue weighted by molar-refractivity contribution is -0.140. The molecule has 2 heterocycles. The van der Waals surface area contributed by atoms with Gasteiger partial charge in [-0.25, -0.2) is 0 Å². The fourth-order valence-electron chi connectivity index (χ4n) is 4.45. The summed E-state index contributed by atoms with van der Waals surface area (Å²) in [6.07, 6.45) is 1.51. The van der Waals surface area contributed by atoms with Gasteiger partial charge in [0, 0.05) is 10.6 Å². The molecule has 1 aliphatic heterocycles. The number of likely N-dealkylation sites (tertiary alicyclic amines) is 1. The Labute approximate surface area is 219 Å². The normalized spacial score (nSPS) is 16.8. The van der Waals surface area contributed by atoms with E-state index in [1.807, 2.05) is 37.3 Å². The van der Waals surface area contributed by atoms with Crippen molar-refractivity contribution in [1.29, 1.82) is 0 Å². The third-order valence-electron chi connectivity index (χ3n) is 6.32. The van der Waals surface area contributed by atoms with Gasteiger partial charge in [0.2, 0.25) is 0 Å². The standard InChI is InChI=1S/C30H24ClNO5/c1-19-16-22(11-14-25(19)37-18-20-6-3-2-4-7-20)28(33)26-27(21-9-12-23(31)13-10-21)32(30(35)29(26)34)17-24-8-5-15-36-24/h2-16,27,33H,17-18H2,1H3/b28-26-. The first kappa shape index (κ1) is 24.4. The monoisotopic (exact) mass is 513 g/mol. The SMILES string of the molecule is Cc1cc(/C(O)=C2/C(=O)C(=O)N(Cc3ccco3)C2c2ccc(Cl)cc2)ccc1OCc1ccccc1. The van der Waals surface area contributed by atoms with Crippen molar-refractivity contribution in [3.05, 3.63) is 130 Å². The minimum Gasteiger partial charge on any atom is -0.507 e. The number of ether oxygens (including phenoxy) is 1. The lowest BCUT2D eigenvalue weighted by Crippen LogP contribution is -2.29. The molecule has 0 spiro atoms. The van der Waals surface area contributed by atoms with E-state index >= 15 is 0 Å². The van der Waals surface area contributed by atoms with Gasteiger partial charge in [0.05, 0.1) is 24.4 Å². The van der Waals surface area contributed by atoms with Gasteiger partial charge >= 0.3 is 0 Å². The number of nitrogens with zero attached hydrogens (tertiary/aromatic N) is 1. The lowest BCUT2D eigenvalue weighted by atomic mass is 9.94. The molecule has 3 aromatic carbocycles. The number of aliphatic hydroxyl groups excluding tert-OH is 1. The first-order chi connectivity index (χ1) is 17.9. The summed E-state index contributed by atoms with van der Waals surface area (Å²) in [6.45, 7) is 2.34. The maximum absolute atomic E-state index is 13.2. The van der Waals surface area contributed by atoms with E-state index in [4.69, 9.17) is 20.8 Å². The number of Topliss-reactive ketones (excluding diaryl/α,β-unsaturated/α-hetero) is 1. The van der Waals surface area contributed by atoms with Crippen molar-refractivity contribution < 1.29 is 23.8 Å². The van der Waals surface area contributed by atoms with E-state index < -0.39 is 17.7 Å². The van der Waals surface area contributed by atoms with Gasteiger partial charge in [0.15, 0.2) is 0 Å². The molecule has 1 N–H and O–H groups in total. The minimum absolute atomic E-state index is 0.0104. The van der Waals surface area contributed by atoms with Crippen LogP contribution in [0.2, 0.25) is 5.02 Å². The second kappa shape index (κ2) is 10.4. The molecule has 1 amide bonds. The van der Waals surface area contributed by atoms with Crippen molar-refractivity contribution in [3.8, 4) is 5.75 Å². The first-order valence-electron chi connectivity index (χ1n) is 11.8. The molecule has 1 fully saturated rings. The van der Waals surface area contributed by atoms with E-state index in [1.54, 1.807) is 54.6 Å². The number of rotatable bonds is 7. The van der Waals surface area contributed by atoms with Gasteiger partial charge in [-0.1, -0.05) is 54.1 Å². The number of furan rings is 1.